The lowest BCUT2D eigenvalue weighted by molar-refractivity contribution is 0.0582. The largest absolute Gasteiger partial charge is 0.464 e. The number of pyridine rings is 2. The van der Waals surface area contributed by atoms with Crippen molar-refractivity contribution in [3.63, 3.8) is 0 Å². The molecule has 4 aromatic rings. The number of halogens is 1. The highest BCUT2D eigenvalue weighted by atomic mass is 79.9. The summed E-state index contributed by atoms with van der Waals surface area (Å²) >= 11 is 3.37. The Kier molecular flexibility index (Phi) is 14.9. The number of hydrogen-bond donors (Lipinski definition) is 1. The van der Waals surface area contributed by atoms with E-state index in [0.29, 0.717) is 11.4 Å². The highest BCUT2D eigenvalue weighted by Gasteiger charge is 2.10. The molecular weight excluding hydrogens is 524 g/mol. The molecule has 0 spiro atoms. The van der Waals surface area contributed by atoms with E-state index < -0.39 is 0 Å². The van der Waals surface area contributed by atoms with Crippen molar-refractivity contribution in [1.29, 1.82) is 0 Å². The summed E-state index contributed by atoms with van der Waals surface area (Å²) in [6.07, 6.45) is 12.7. The van der Waals surface area contributed by atoms with Crippen molar-refractivity contribution in [1.82, 2.24) is 19.5 Å². The first-order chi connectivity index (χ1) is 17.1. The van der Waals surface area contributed by atoms with E-state index in [-0.39, 0.29) is 19.4 Å². The molecule has 8 nitrogen and oxygen atoms in total. The van der Waals surface area contributed by atoms with Gasteiger partial charge in [0.25, 0.3) is 0 Å². The quantitative estimate of drug-likeness (QED) is 0.242. The van der Waals surface area contributed by atoms with E-state index in [9.17, 15) is 9.59 Å². The lowest BCUT2D eigenvalue weighted by atomic mass is 10.2. The van der Waals surface area contributed by atoms with Gasteiger partial charge in [-0.05, 0) is 72.5 Å². The summed E-state index contributed by atoms with van der Waals surface area (Å²) in [5.41, 5.74) is 3.60. The van der Waals surface area contributed by atoms with Crippen molar-refractivity contribution in [2.75, 3.05) is 19.5 Å². The summed E-state index contributed by atoms with van der Waals surface area (Å²) in [6.45, 7) is 0.751. The van der Waals surface area contributed by atoms with Crippen molar-refractivity contribution < 1.29 is 19.1 Å². The fourth-order valence-electron chi connectivity index (χ4n) is 2.92. The number of nitrogens with zero attached hydrogens (tertiary/aromatic N) is 3. The van der Waals surface area contributed by atoms with Gasteiger partial charge in [0, 0.05) is 49.1 Å². The molecule has 0 radical (unpaired) electrons. The highest BCUT2D eigenvalue weighted by Crippen LogP contribution is 2.07. The molecule has 4 aromatic heterocycles. The number of aromatic nitrogens is 4. The van der Waals surface area contributed by atoms with Crippen LogP contribution in [0.5, 0.6) is 0 Å². The minimum Gasteiger partial charge on any atom is -0.464 e. The molecule has 0 saturated carbocycles. The number of carbonyl (C=O) groups is 2. The van der Waals surface area contributed by atoms with Crippen molar-refractivity contribution in [3.05, 3.63) is 108 Å². The molecule has 0 saturated heterocycles. The van der Waals surface area contributed by atoms with Crippen molar-refractivity contribution in [2.45, 2.75) is 26.8 Å². The Bertz CT molecular complexity index is 1120. The molecule has 0 aromatic carbocycles. The molecule has 4 heterocycles. The molecule has 0 aliphatic rings. The van der Waals surface area contributed by atoms with E-state index >= 15 is 0 Å². The van der Waals surface area contributed by atoms with E-state index in [1.54, 1.807) is 36.8 Å². The third-order valence-corrected chi connectivity index (χ3v) is 5.15. The summed E-state index contributed by atoms with van der Waals surface area (Å²) in [6, 6.07) is 15.0. The third kappa shape index (κ3) is 10.7. The number of ether oxygens (including phenoxy) is 2. The normalized spacial score (nSPS) is 9.42. The van der Waals surface area contributed by atoms with Crippen molar-refractivity contribution in [2.24, 2.45) is 0 Å². The SMILES string of the molecule is BrCCc1ccncc1.C.COC(=O)c1ccc[nH]1.COC(=O)c1cccn1CCc1ccncc1. The molecule has 192 valence electrons. The summed E-state index contributed by atoms with van der Waals surface area (Å²) in [5.74, 6) is -0.635. The molecule has 9 heteroatoms. The maximum absolute atomic E-state index is 11.5. The van der Waals surface area contributed by atoms with Crippen LogP contribution >= 0.6 is 15.9 Å². The Morgan fingerprint density at radius 3 is 1.94 bits per heavy atom. The van der Waals surface area contributed by atoms with Crippen LogP contribution in [0.2, 0.25) is 0 Å². The zero-order valence-electron chi connectivity index (χ0n) is 19.8. The number of aromatic amines is 1. The number of alkyl halides is 1. The summed E-state index contributed by atoms with van der Waals surface area (Å²) in [5, 5.41) is 1.02. The van der Waals surface area contributed by atoms with Gasteiger partial charge >= 0.3 is 11.9 Å². The monoisotopic (exact) mass is 556 g/mol. The summed E-state index contributed by atoms with van der Waals surface area (Å²) in [4.78, 5) is 32.7. The van der Waals surface area contributed by atoms with Gasteiger partial charge in [-0.2, -0.15) is 0 Å². The first-order valence-corrected chi connectivity index (χ1v) is 12.0. The van der Waals surface area contributed by atoms with Gasteiger partial charge in [0.1, 0.15) is 11.4 Å². The van der Waals surface area contributed by atoms with Crippen LogP contribution in [-0.4, -0.2) is 51.0 Å². The van der Waals surface area contributed by atoms with E-state index in [4.69, 9.17) is 4.74 Å². The van der Waals surface area contributed by atoms with Gasteiger partial charge in [0.05, 0.1) is 14.2 Å². The molecule has 1 N–H and O–H groups in total. The number of esters is 2. The number of aryl methyl sites for hydroxylation is 3. The zero-order valence-corrected chi connectivity index (χ0v) is 21.3. The van der Waals surface area contributed by atoms with E-state index in [1.807, 2.05) is 53.5 Å². The zero-order chi connectivity index (χ0) is 25.3. The van der Waals surface area contributed by atoms with E-state index in [2.05, 4.69) is 35.6 Å². The summed E-state index contributed by atoms with van der Waals surface area (Å²) in [7, 11) is 2.74. The topological polar surface area (TPSA) is 99.1 Å². The van der Waals surface area contributed by atoms with Crippen LogP contribution in [0, 0.1) is 0 Å². The smallest absolute Gasteiger partial charge is 0.354 e. The van der Waals surface area contributed by atoms with Crippen LogP contribution in [0.3, 0.4) is 0 Å². The number of carbonyl (C=O) groups excluding carboxylic acids is 2. The Morgan fingerprint density at radius 1 is 0.861 bits per heavy atom. The lowest BCUT2D eigenvalue weighted by Crippen LogP contribution is -2.11. The Labute approximate surface area is 220 Å². The fraction of sp³-hybridized carbons (Fsp3) is 0.259. The number of H-pyrrole nitrogens is 1. The Balaban J connectivity index is 0.000000291. The Hall–Kier alpha value is -3.72. The molecule has 36 heavy (non-hydrogen) atoms. The molecule has 0 aliphatic heterocycles. The molecule has 4 rings (SSSR count). The number of methoxy groups -OCH3 is 2. The van der Waals surface area contributed by atoms with Gasteiger partial charge < -0.3 is 19.0 Å². The first-order valence-electron chi connectivity index (χ1n) is 10.9. The van der Waals surface area contributed by atoms with Gasteiger partial charge in [-0.25, -0.2) is 9.59 Å². The van der Waals surface area contributed by atoms with Crippen LogP contribution in [0.15, 0.2) is 85.7 Å². The maximum Gasteiger partial charge on any atom is 0.354 e. The van der Waals surface area contributed by atoms with E-state index in [0.717, 1.165) is 24.7 Å². The van der Waals surface area contributed by atoms with E-state index in [1.165, 1.54) is 25.3 Å². The third-order valence-electron chi connectivity index (χ3n) is 4.75. The Morgan fingerprint density at radius 2 is 1.44 bits per heavy atom. The second-order valence-corrected chi connectivity index (χ2v) is 7.85. The van der Waals surface area contributed by atoms with Crippen molar-refractivity contribution >= 4 is 27.9 Å². The van der Waals surface area contributed by atoms with Crippen LogP contribution in [0.4, 0.5) is 0 Å². The second-order valence-electron chi connectivity index (χ2n) is 7.05. The molecule has 0 amide bonds. The van der Waals surface area contributed by atoms with Crippen LogP contribution in [0.1, 0.15) is 39.5 Å². The number of hydrogen-bond acceptors (Lipinski definition) is 6. The maximum atomic E-state index is 11.5. The summed E-state index contributed by atoms with van der Waals surface area (Å²) < 4.78 is 11.0. The van der Waals surface area contributed by atoms with Crippen LogP contribution < -0.4 is 0 Å². The standard InChI is InChI=1S/C13H14N2O2.C7H8BrN.C6H7NO2.CH4/c1-17-13(16)12-3-2-9-15(12)10-6-11-4-7-14-8-5-11;8-4-1-7-2-5-9-6-3-7;1-9-6(8)5-3-2-4-7-5;/h2-5,7-9H,6,10H2,1H3;2-3,5-6H,1,4H2;2-4,7H,1H3;1H4. The first kappa shape index (κ1) is 30.3. The van der Waals surface area contributed by atoms with Crippen LogP contribution in [0.25, 0.3) is 0 Å². The molecule has 0 fully saturated rings. The molecule has 0 atom stereocenters. The lowest BCUT2D eigenvalue weighted by Gasteiger charge is -2.07. The van der Waals surface area contributed by atoms with Gasteiger partial charge in [0.15, 0.2) is 0 Å². The number of rotatable bonds is 7. The van der Waals surface area contributed by atoms with Crippen molar-refractivity contribution in [3.8, 4) is 0 Å². The molecule has 0 aliphatic carbocycles. The molecule has 0 unspecified atom stereocenters. The predicted molar refractivity (Wildman–Crippen MR) is 144 cm³/mol. The fourth-order valence-corrected chi connectivity index (χ4v) is 3.38. The van der Waals surface area contributed by atoms with Gasteiger partial charge in [0.2, 0.25) is 0 Å². The minimum absolute atomic E-state index is 0. The van der Waals surface area contributed by atoms with Gasteiger partial charge in [-0.3, -0.25) is 9.97 Å². The minimum atomic E-state index is -0.333. The molecular formula is C27H33BrN4O4. The van der Waals surface area contributed by atoms with Gasteiger partial charge in [-0.15, -0.1) is 0 Å². The van der Waals surface area contributed by atoms with Gasteiger partial charge in [-0.1, -0.05) is 23.4 Å². The highest BCUT2D eigenvalue weighted by molar-refractivity contribution is 9.09. The second kappa shape index (κ2) is 17.7. The van der Waals surface area contributed by atoms with Crippen LogP contribution in [-0.2, 0) is 28.9 Å². The average molecular weight is 557 g/mol. The predicted octanol–water partition coefficient (Wildman–Crippen LogP) is 5.37. The average Bonchev–Trinajstić information content (AvgIpc) is 3.61. The molecule has 0 bridgehead atoms. The number of nitrogens with one attached hydrogen (secondary N) is 1.